The molecule has 2 aromatic carbocycles. The largest absolute Gasteiger partial charge is 0.394 e. The molecular formula is C24H22ClN3O3. The first-order chi connectivity index (χ1) is 15.1. The molecule has 3 heterocycles. The maximum Gasteiger partial charge on any atom is 0.277 e. The van der Waals surface area contributed by atoms with Gasteiger partial charge >= 0.3 is 0 Å². The van der Waals surface area contributed by atoms with Crippen LogP contribution in [0, 0.1) is 0 Å². The van der Waals surface area contributed by atoms with Crippen molar-refractivity contribution in [2.45, 2.75) is 25.4 Å². The Labute approximate surface area is 184 Å². The molecule has 0 aliphatic carbocycles. The van der Waals surface area contributed by atoms with Gasteiger partial charge in [0.2, 0.25) is 0 Å². The fourth-order valence-corrected chi connectivity index (χ4v) is 4.73. The summed E-state index contributed by atoms with van der Waals surface area (Å²) in [4.78, 5) is 28.9. The van der Waals surface area contributed by atoms with Gasteiger partial charge in [0.05, 0.1) is 30.5 Å². The Balaban J connectivity index is 1.78. The van der Waals surface area contributed by atoms with Crippen molar-refractivity contribution in [3.63, 3.8) is 0 Å². The van der Waals surface area contributed by atoms with E-state index in [9.17, 15) is 14.7 Å². The number of carbonyl (C=O) groups excluding carboxylic acids is 1. The van der Waals surface area contributed by atoms with E-state index in [1.165, 1.54) is 4.68 Å². The molecule has 1 aromatic heterocycles. The third-order valence-corrected chi connectivity index (χ3v) is 6.35. The van der Waals surface area contributed by atoms with Crippen LogP contribution in [-0.4, -0.2) is 39.8 Å². The Bertz CT molecular complexity index is 1220. The molecule has 2 aliphatic heterocycles. The van der Waals surface area contributed by atoms with Crippen molar-refractivity contribution in [3.05, 3.63) is 81.1 Å². The summed E-state index contributed by atoms with van der Waals surface area (Å²) in [5.41, 5.74) is 6.82. The smallest absolute Gasteiger partial charge is 0.277 e. The Morgan fingerprint density at radius 1 is 1.13 bits per heavy atom. The first-order valence-corrected chi connectivity index (χ1v) is 10.8. The highest BCUT2D eigenvalue weighted by molar-refractivity contribution is 6.31. The normalized spacial score (nSPS) is 17.1. The molecule has 31 heavy (non-hydrogen) atoms. The number of benzene rings is 2. The number of halogens is 1. The predicted molar refractivity (Wildman–Crippen MR) is 121 cm³/mol. The molecule has 0 radical (unpaired) electrons. The number of rotatable bonds is 3. The average molecular weight is 436 g/mol. The van der Waals surface area contributed by atoms with Crippen molar-refractivity contribution < 1.29 is 9.90 Å². The molecule has 6 nitrogen and oxygen atoms in total. The van der Waals surface area contributed by atoms with E-state index in [4.69, 9.17) is 11.6 Å². The molecule has 0 spiro atoms. The van der Waals surface area contributed by atoms with Crippen LogP contribution in [0.3, 0.4) is 0 Å². The molecular weight excluding hydrogens is 414 g/mol. The molecule has 158 valence electrons. The molecule has 1 saturated heterocycles. The van der Waals surface area contributed by atoms with Crippen LogP contribution in [0.25, 0.3) is 22.4 Å². The zero-order chi connectivity index (χ0) is 21.5. The summed E-state index contributed by atoms with van der Waals surface area (Å²) in [5, 5.41) is 10.3. The molecule has 2 aliphatic rings. The van der Waals surface area contributed by atoms with E-state index in [1.807, 2.05) is 36.4 Å². The molecule has 0 unspecified atom stereocenters. The van der Waals surface area contributed by atoms with Crippen molar-refractivity contribution in [2.75, 3.05) is 18.6 Å². The lowest BCUT2D eigenvalue weighted by molar-refractivity contribution is 0.0677. The lowest BCUT2D eigenvalue weighted by Gasteiger charge is -2.29. The van der Waals surface area contributed by atoms with Gasteiger partial charge in [-0.3, -0.25) is 9.59 Å². The van der Waals surface area contributed by atoms with Crippen LogP contribution in [0.1, 0.15) is 28.8 Å². The summed E-state index contributed by atoms with van der Waals surface area (Å²) in [6, 6.07) is 16.3. The van der Waals surface area contributed by atoms with Crippen molar-refractivity contribution in [1.82, 2.24) is 9.58 Å². The van der Waals surface area contributed by atoms with Crippen LogP contribution in [-0.2, 0) is 6.54 Å². The highest BCUT2D eigenvalue weighted by Crippen LogP contribution is 2.35. The number of amides is 1. The quantitative estimate of drug-likeness (QED) is 0.660. The van der Waals surface area contributed by atoms with Crippen LogP contribution < -0.4 is 11.0 Å². The van der Waals surface area contributed by atoms with Gasteiger partial charge in [-0.25, -0.2) is 4.68 Å². The fourth-order valence-electron chi connectivity index (χ4n) is 4.56. The second-order valence-electron chi connectivity index (χ2n) is 7.94. The minimum Gasteiger partial charge on any atom is -0.394 e. The Hall–Kier alpha value is -3.09. The van der Waals surface area contributed by atoms with Crippen molar-refractivity contribution in [1.29, 1.82) is 0 Å². The summed E-state index contributed by atoms with van der Waals surface area (Å²) in [7, 11) is 0. The minimum absolute atomic E-state index is 0.0765. The van der Waals surface area contributed by atoms with Gasteiger partial charge in [-0.15, -0.1) is 0 Å². The van der Waals surface area contributed by atoms with Gasteiger partial charge in [-0.2, -0.15) is 0 Å². The summed E-state index contributed by atoms with van der Waals surface area (Å²) in [5.74, 6) is -0.188. The van der Waals surface area contributed by atoms with E-state index < -0.39 is 0 Å². The van der Waals surface area contributed by atoms with E-state index in [0.717, 1.165) is 29.5 Å². The summed E-state index contributed by atoms with van der Waals surface area (Å²) in [6.07, 6.45) is 1.61. The number of carbonyl (C=O) groups is 1. The van der Waals surface area contributed by atoms with E-state index in [1.54, 1.807) is 23.1 Å². The summed E-state index contributed by atoms with van der Waals surface area (Å²) >= 11 is 6.28. The van der Waals surface area contributed by atoms with Gasteiger partial charge in [0.25, 0.3) is 11.5 Å². The highest BCUT2D eigenvalue weighted by atomic mass is 35.5. The molecule has 1 atom stereocenters. The Morgan fingerprint density at radius 3 is 2.71 bits per heavy atom. The monoisotopic (exact) mass is 435 g/mol. The second kappa shape index (κ2) is 7.87. The minimum atomic E-state index is -0.219. The SMILES string of the molecule is O=C(c1cc(-c2ccccc2)c(=O)n2c1-c1cc(Cl)ccc1CN2)N1CCC[C@H]1CO. The number of nitrogens with zero attached hydrogens (tertiary/aromatic N) is 2. The molecule has 0 saturated carbocycles. The Kier molecular flexibility index (Phi) is 5.04. The van der Waals surface area contributed by atoms with Gasteiger partial charge in [0.1, 0.15) is 0 Å². The van der Waals surface area contributed by atoms with E-state index in [0.29, 0.717) is 34.9 Å². The number of hydrogen-bond acceptors (Lipinski definition) is 4. The van der Waals surface area contributed by atoms with Gasteiger partial charge in [0.15, 0.2) is 0 Å². The van der Waals surface area contributed by atoms with Gasteiger partial charge in [0, 0.05) is 22.7 Å². The second-order valence-corrected chi connectivity index (χ2v) is 8.38. The average Bonchev–Trinajstić information content (AvgIpc) is 3.28. The number of pyridine rings is 1. The van der Waals surface area contributed by atoms with Gasteiger partial charge in [-0.05, 0) is 42.2 Å². The zero-order valence-corrected chi connectivity index (χ0v) is 17.6. The highest BCUT2D eigenvalue weighted by Gasteiger charge is 2.33. The van der Waals surface area contributed by atoms with Gasteiger partial charge < -0.3 is 15.4 Å². The molecule has 0 bridgehead atoms. The first kappa shape index (κ1) is 19.8. The van der Waals surface area contributed by atoms with E-state index >= 15 is 0 Å². The summed E-state index contributed by atoms with van der Waals surface area (Å²) < 4.78 is 1.47. The van der Waals surface area contributed by atoms with Crippen LogP contribution in [0.5, 0.6) is 0 Å². The maximum atomic E-state index is 13.7. The Morgan fingerprint density at radius 2 is 1.94 bits per heavy atom. The van der Waals surface area contributed by atoms with Gasteiger partial charge in [-0.1, -0.05) is 48.0 Å². The standard InChI is InChI=1S/C24H22ClN3O3/c25-17-9-8-16-13-26-28-22(19(16)11-17)21(23(30)27-10-4-7-18(27)14-29)12-20(24(28)31)15-5-2-1-3-6-15/h1-3,5-6,8-9,11-12,18,26,29H,4,7,10,13-14H2/t18-/m0/s1. The summed E-state index contributed by atoms with van der Waals surface area (Å²) in [6.45, 7) is 0.959. The van der Waals surface area contributed by atoms with Crippen molar-refractivity contribution >= 4 is 17.5 Å². The van der Waals surface area contributed by atoms with Crippen LogP contribution in [0.15, 0.2) is 59.4 Å². The number of likely N-dealkylation sites (tertiary alicyclic amines) is 1. The first-order valence-electron chi connectivity index (χ1n) is 10.4. The van der Waals surface area contributed by atoms with Crippen LogP contribution in [0.4, 0.5) is 0 Å². The topological polar surface area (TPSA) is 74.6 Å². The van der Waals surface area contributed by atoms with Crippen molar-refractivity contribution in [2.24, 2.45) is 0 Å². The predicted octanol–water partition coefficient (Wildman–Crippen LogP) is 3.49. The zero-order valence-electron chi connectivity index (χ0n) is 16.8. The number of hydrogen-bond donors (Lipinski definition) is 2. The number of fused-ring (bicyclic) bond motifs is 3. The van der Waals surface area contributed by atoms with Crippen molar-refractivity contribution in [3.8, 4) is 22.4 Å². The number of aliphatic hydroxyl groups is 1. The third-order valence-electron chi connectivity index (χ3n) is 6.12. The molecule has 1 amide bonds. The van der Waals surface area contributed by atoms with Crippen LogP contribution >= 0.6 is 11.6 Å². The third kappa shape index (κ3) is 3.32. The number of aliphatic hydroxyl groups excluding tert-OH is 1. The molecule has 5 rings (SSSR count). The van der Waals surface area contributed by atoms with E-state index in [-0.39, 0.29) is 24.1 Å². The maximum absolute atomic E-state index is 13.7. The fraction of sp³-hybridized carbons (Fsp3) is 0.250. The molecule has 2 N–H and O–H groups in total. The van der Waals surface area contributed by atoms with E-state index in [2.05, 4.69) is 5.43 Å². The molecule has 1 fully saturated rings. The number of nitrogens with one attached hydrogen (secondary N) is 1. The lowest BCUT2D eigenvalue weighted by atomic mass is 9.95. The molecule has 3 aromatic rings. The number of aromatic nitrogens is 1. The molecule has 7 heteroatoms. The lowest BCUT2D eigenvalue weighted by Crippen LogP contribution is -2.41. The van der Waals surface area contributed by atoms with Crippen LogP contribution in [0.2, 0.25) is 5.02 Å².